The maximum absolute atomic E-state index is 13.6. The molecule has 4 rings (SSSR count). The number of benzene rings is 1. The molecule has 3 heterocycles. The van der Waals surface area contributed by atoms with Crippen LogP contribution >= 0.6 is 0 Å². The van der Waals surface area contributed by atoms with Gasteiger partial charge in [-0.2, -0.15) is 0 Å². The van der Waals surface area contributed by atoms with Crippen molar-refractivity contribution in [2.24, 2.45) is 0 Å². The first-order valence-electron chi connectivity index (χ1n) is 13.3. The molecular weight excluding hydrogens is 532 g/mol. The average Bonchev–Trinajstić information content (AvgIpc) is 2.98. The Morgan fingerprint density at radius 3 is 2.56 bits per heavy atom. The first-order valence-corrected chi connectivity index (χ1v) is 13.3. The highest BCUT2D eigenvalue weighted by Crippen LogP contribution is 2.18. The number of methoxy groups -OCH3 is 1. The summed E-state index contributed by atoms with van der Waals surface area (Å²) in [6, 6.07) is 10.3. The van der Waals surface area contributed by atoms with Gasteiger partial charge in [0, 0.05) is 38.8 Å². The van der Waals surface area contributed by atoms with Gasteiger partial charge in [0.05, 0.1) is 26.3 Å². The number of likely N-dealkylation sites (N-methyl/N-ethyl adjacent to an activating group) is 1. The third kappa shape index (κ3) is 7.57. The van der Waals surface area contributed by atoms with Gasteiger partial charge in [0.25, 0.3) is 11.8 Å². The normalized spacial score (nSPS) is 24.4. The number of amides is 5. The molecule has 0 radical (unpaired) electrons. The van der Waals surface area contributed by atoms with Gasteiger partial charge in [-0.1, -0.05) is 30.3 Å². The van der Waals surface area contributed by atoms with E-state index in [0.29, 0.717) is 5.75 Å². The molecule has 1 aromatic heterocycles. The lowest BCUT2D eigenvalue weighted by atomic mass is 10.0. The second kappa shape index (κ2) is 13.2. The standard InChI is InChI=1S/C28H34N6O7/c1-17-25(36)30-13-20-14-34(28(39)21-12-19(40-3)9-10-29-21)15-23(41-20)26(37)32-22(11-18-7-5-4-6-8-18)27(38)33(2)16-24(35)31-17/h4-10,12,17,20,22-23H,11,13-16H2,1-3H3,(H,30,36)(H,31,35)(H,32,37)/t17-,20+,22-,23-/m1/s1. The lowest BCUT2D eigenvalue weighted by Gasteiger charge is -2.38. The SMILES string of the molecule is COc1ccnc(C(=O)N2C[C@@H]3CNC(=O)[C@@H](C)NC(=O)CN(C)C(=O)[C@@H](Cc4ccccc4)NC(=O)[C@@H](C2)O3)c1. The summed E-state index contributed by atoms with van der Waals surface area (Å²) in [6.07, 6.45) is -0.279. The van der Waals surface area contributed by atoms with Crippen LogP contribution in [0, 0.1) is 0 Å². The third-order valence-electron chi connectivity index (χ3n) is 6.86. The molecular formula is C28H34N6O7. The van der Waals surface area contributed by atoms with E-state index in [0.717, 1.165) is 5.56 Å². The molecule has 13 nitrogen and oxygen atoms in total. The van der Waals surface area contributed by atoms with Crippen molar-refractivity contribution in [1.82, 2.24) is 30.7 Å². The second-order valence-corrected chi connectivity index (χ2v) is 10.0. The van der Waals surface area contributed by atoms with E-state index in [1.807, 2.05) is 30.3 Å². The number of carbonyl (C=O) groups excluding carboxylic acids is 5. The van der Waals surface area contributed by atoms with Crippen LogP contribution in [0.15, 0.2) is 48.7 Å². The van der Waals surface area contributed by atoms with E-state index in [2.05, 4.69) is 20.9 Å². The number of rotatable bonds is 4. The van der Waals surface area contributed by atoms with Crippen LogP contribution in [0.1, 0.15) is 23.0 Å². The van der Waals surface area contributed by atoms with Crippen LogP contribution in [0.4, 0.5) is 0 Å². The minimum atomic E-state index is -1.14. The number of carbonyl (C=O) groups is 5. The molecule has 4 atom stereocenters. The Morgan fingerprint density at radius 1 is 1.07 bits per heavy atom. The Bertz CT molecular complexity index is 1290. The van der Waals surface area contributed by atoms with Gasteiger partial charge < -0.3 is 35.2 Å². The van der Waals surface area contributed by atoms with E-state index in [9.17, 15) is 24.0 Å². The van der Waals surface area contributed by atoms with Crippen molar-refractivity contribution in [3.63, 3.8) is 0 Å². The van der Waals surface area contributed by atoms with Crippen molar-refractivity contribution in [1.29, 1.82) is 0 Å². The van der Waals surface area contributed by atoms with E-state index in [1.165, 1.54) is 43.1 Å². The summed E-state index contributed by atoms with van der Waals surface area (Å²) < 4.78 is 11.2. The Labute approximate surface area is 237 Å². The third-order valence-corrected chi connectivity index (χ3v) is 6.86. The number of aromatic nitrogens is 1. The van der Waals surface area contributed by atoms with Crippen LogP contribution in [0.25, 0.3) is 0 Å². The largest absolute Gasteiger partial charge is 0.497 e. The maximum Gasteiger partial charge on any atom is 0.272 e. The molecule has 0 saturated carbocycles. The highest BCUT2D eigenvalue weighted by atomic mass is 16.5. The molecule has 2 aliphatic heterocycles. The molecule has 0 unspecified atom stereocenters. The summed E-state index contributed by atoms with van der Waals surface area (Å²) in [6.45, 7) is 1.15. The number of fused-ring (bicyclic) bond motifs is 2. The number of pyridine rings is 1. The molecule has 2 bridgehead atoms. The fraction of sp³-hybridized carbons (Fsp3) is 0.429. The quantitative estimate of drug-likeness (QED) is 0.430. The van der Waals surface area contributed by atoms with E-state index in [-0.39, 0.29) is 38.3 Å². The fourth-order valence-corrected chi connectivity index (χ4v) is 4.67. The molecule has 3 N–H and O–H groups in total. The van der Waals surface area contributed by atoms with Crippen molar-refractivity contribution < 1.29 is 33.4 Å². The van der Waals surface area contributed by atoms with Gasteiger partial charge in [0.2, 0.25) is 17.7 Å². The minimum Gasteiger partial charge on any atom is -0.497 e. The maximum atomic E-state index is 13.6. The molecule has 2 saturated heterocycles. The number of hydrogen-bond acceptors (Lipinski definition) is 8. The smallest absolute Gasteiger partial charge is 0.272 e. The van der Waals surface area contributed by atoms with Gasteiger partial charge in [-0.15, -0.1) is 0 Å². The number of nitrogens with zero attached hydrogens (tertiary/aromatic N) is 3. The summed E-state index contributed by atoms with van der Waals surface area (Å²) >= 11 is 0. The molecule has 2 aliphatic rings. The summed E-state index contributed by atoms with van der Waals surface area (Å²) in [7, 11) is 2.92. The fourth-order valence-electron chi connectivity index (χ4n) is 4.67. The van der Waals surface area contributed by atoms with E-state index in [4.69, 9.17) is 9.47 Å². The van der Waals surface area contributed by atoms with Crippen molar-refractivity contribution in [2.75, 3.05) is 40.3 Å². The Balaban J connectivity index is 1.63. The summed E-state index contributed by atoms with van der Waals surface area (Å²) in [5.41, 5.74) is 0.919. The first-order chi connectivity index (χ1) is 19.6. The highest BCUT2D eigenvalue weighted by molar-refractivity contribution is 5.95. The topological polar surface area (TPSA) is 159 Å². The van der Waals surface area contributed by atoms with Crippen LogP contribution < -0.4 is 20.7 Å². The molecule has 218 valence electrons. The van der Waals surface area contributed by atoms with E-state index < -0.39 is 53.8 Å². The zero-order valence-corrected chi connectivity index (χ0v) is 23.2. The van der Waals surface area contributed by atoms with Crippen LogP contribution in [0.5, 0.6) is 5.75 Å². The Kier molecular flexibility index (Phi) is 9.50. The number of ether oxygens (including phenoxy) is 2. The average molecular weight is 567 g/mol. The Morgan fingerprint density at radius 2 is 1.83 bits per heavy atom. The molecule has 0 aliphatic carbocycles. The van der Waals surface area contributed by atoms with Gasteiger partial charge in [0.15, 0.2) is 6.10 Å². The molecule has 2 aromatic rings. The number of nitrogens with one attached hydrogen (secondary N) is 3. The van der Waals surface area contributed by atoms with Crippen LogP contribution in [-0.2, 0) is 30.3 Å². The minimum absolute atomic E-state index is 0.0234. The monoisotopic (exact) mass is 566 g/mol. The van der Waals surface area contributed by atoms with E-state index >= 15 is 0 Å². The zero-order valence-electron chi connectivity index (χ0n) is 23.2. The lowest BCUT2D eigenvalue weighted by molar-refractivity contribution is -0.148. The van der Waals surface area contributed by atoms with Gasteiger partial charge in [0.1, 0.15) is 23.5 Å². The summed E-state index contributed by atoms with van der Waals surface area (Å²) in [5, 5.41) is 8.06. The summed E-state index contributed by atoms with van der Waals surface area (Å²) in [5.74, 6) is -2.11. The second-order valence-electron chi connectivity index (χ2n) is 10.0. The molecule has 13 heteroatoms. The lowest BCUT2D eigenvalue weighted by Crippen LogP contribution is -2.59. The zero-order chi connectivity index (χ0) is 29.5. The van der Waals surface area contributed by atoms with E-state index in [1.54, 1.807) is 6.07 Å². The number of hydrogen-bond donors (Lipinski definition) is 3. The van der Waals surface area contributed by atoms with Crippen LogP contribution in [-0.4, -0.2) is 109 Å². The predicted molar refractivity (Wildman–Crippen MR) is 146 cm³/mol. The summed E-state index contributed by atoms with van der Waals surface area (Å²) in [4.78, 5) is 72.4. The molecule has 41 heavy (non-hydrogen) atoms. The van der Waals surface area contributed by atoms with Crippen LogP contribution in [0.2, 0.25) is 0 Å². The molecule has 2 fully saturated rings. The molecule has 5 amide bonds. The van der Waals surface area contributed by atoms with Crippen molar-refractivity contribution in [2.45, 2.75) is 37.6 Å². The molecule has 1 aromatic carbocycles. The van der Waals surface area contributed by atoms with Crippen molar-refractivity contribution in [3.05, 3.63) is 59.9 Å². The predicted octanol–water partition coefficient (Wildman–Crippen LogP) is -0.880. The highest BCUT2D eigenvalue weighted by Gasteiger charge is 2.38. The van der Waals surface area contributed by atoms with Gasteiger partial charge in [-0.25, -0.2) is 0 Å². The van der Waals surface area contributed by atoms with Crippen molar-refractivity contribution >= 4 is 29.5 Å². The van der Waals surface area contributed by atoms with Gasteiger partial charge >= 0.3 is 0 Å². The van der Waals surface area contributed by atoms with Crippen molar-refractivity contribution in [3.8, 4) is 5.75 Å². The first kappa shape index (κ1) is 29.5. The molecule has 0 spiro atoms. The number of morpholine rings is 1. The van der Waals surface area contributed by atoms with Crippen LogP contribution in [0.3, 0.4) is 0 Å². The van der Waals surface area contributed by atoms with Gasteiger partial charge in [-0.3, -0.25) is 29.0 Å². The van der Waals surface area contributed by atoms with Gasteiger partial charge in [-0.05, 0) is 18.6 Å². The Hall–Kier alpha value is -4.52.